The summed E-state index contributed by atoms with van der Waals surface area (Å²) in [7, 11) is 0. The molecule has 0 aromatic heterocycles. The van der Waals surface area contributed by atoms with Crippen LogP contribution in [0, 0.1) is 20.8 Å². The fraction of sp³-hybridized carbons (Fsp3) is 0.316. The Morgan fingerprint density at radius 3 is 2.57 bits per heavy atom. The van der Waals surface area contributed by atoms with Crippen LogP contribution >= 0.6 is 15.9 Å². The number of ether oxygens (including phenoxy) is 1. The molecular weight excluding hydrogens is 354 g/mol. The molecule has 0 saturated heterocycles. The largest absolute Gasteiger partial charge is 0.480 e. The summed E-state index contributed by atoms with van der Waals surface area (Å²) in [5, 5.41) is 2.93. The van der Waals surface area contributed by atoms with Gasteiger partial charge in [0.1, 0.15) is 5.75 Å². The SMILES string of the molecule is CC[C@@H](Oc1cccc(C)c1C)C(=O)Nc1ccc(Br)c(C)c1. The minimum Gasteiger partial charge on any atom is -0.480 e. The van der Waals surface area contributed by atoms with Gasteiger partial charge in [0.2, 0.25) is 0 Å². The van der Waals surface area contributed by atoms with Crippen LogP contribution in [0.2, 0.25) is 0 Å². The molecule has 1 N–H and O–H groups in total. The number of carbonyl (C=O) groups excluding carboxylic acids is 1. The molecule has 0 fully saturated rings. The van der Waals surface area contributed by atoms with E-state index in [2.05, 4.69) is 21.2 Å². The maximum Gasteiger partial charge on any atom is 0.265 e. The minimum absolute atomic E-state index is 0.130. The second kappa shape index (κ2) is 7.64. The van der Waals surface area contributed by atoms with Crippen LogP contribution in [0.4, 0.5) is 5.69 Å². The molecular formula is C19H22BrNO2. The first kappa shape index (κ1) is 17.5. The number of rotatable bonds is 5. The Kier molecular flexibility index (Phi) is 5.83. The number of aryl methyl sites for hydroxylation is 2. The number of carbonyl (C=O) groups is 1. The molecule has 1 amide bonds. The average Bonchev–Trinajstić information content (AvgIpc) is 2.52. The summed E-state index contributed by atoms with van der Waals surface area (Å²) in [6.07, 6.45) is 0.0915. The van der Waals surface area contributed by atoms with E-state index in [1.807, 2.05) is 64.1 Å². The summed E-state index contributed by atoms with van der Waals surface area (Å²) in [4.78, 5) is 12.5. The lowest BCUT2D eigenvalue weighted by atomic mass is 10.1. The first-order valence-electron chi connectivity index (χ1n) is 7.72. The van der Waals surface area contributed by atoms with E-state index in [-0.39, 0.29) is 5.91 Å². The van der Waals surface area contributed by atoms with E-state index in [1.54, 1.807) is 0 Å². The van der Waals surface area contributed by atoms with Crippen molar-refractivity contribution in [1.29, 1.82) is 0 Å². The van der Waals surface area contributed by atoms with E-state index >= 15 is 0 Å². The third-order valence-corrected chi connectivity index (χ3v) is 4.80. The summed E-state index contributed by atoms with van der Waals surface area (Å²) in [5.74, 6) is 0.633. The smallest absolute Gasteiger partial charge is 0.265 e. The van der Waals surface area contributed by atoms with Crippen LogP contribution in [-0.2, 0) is 4.79 Å². The molecule has 0 spiro atoms. The molecule has 4 heteroatoms. The van der Waals surface area contributed by atoms with Crippen LogP contribution in [0.15, 0.2) is 40.9 Å². The molecule has 0 saturated carbocycles. The number of amides is 1. The molecule has 122 valence electrons. The molecule has 2 aromatic carbocycles. The molecule has 3 nitrogen and oxygen atoms in total. The molecule has 0 unspecified atom stereocenters. The summed E-state index contributed by atoms with van der Waals surface area (Å²) in [6.45, 7) is 7.98. The van der Waals surface area contributed by atoms with Crippen molar-refractivity contribution in [2.75, 3.05) is 5.32 Å². The Labute approximate surface area is 146 Å². The van der Waals surface area contributed by atoms with Crippen molar-refractivity contribution < 1.29 is 9.53 Å². The summed E-state index contributed by atoms with van der Waals surface area (Å²) < 4.78 is 6.96. The van der Waals surface area contributed by atoms with E-state index in [9.17, 15) is 4.79 Å². The highest BCUT2D eigenvalue weighted by atomic mass is 79.9. The standard InChI is InChI=1S/C19H22BrNO2/c1-5-17(23-18-8-6-7-12(2)14(18)4)19(22)21-15-9-10-16(20)13(3)11-15/h6-11,17H,5H2,1-4H3,(H,21,22)/t17-/m1/s1. The van der Waals surface area contributed by atoms with Crippen molar-refractivity contribution in [2.24, 2.45) is 0 Å². The molecule has 0 heterocycles. The predicted octanol–water partition coefficient (Wildman–Crippen LogP) is 5.17. The fourth-order valence-electron chi connectivity index (χ4n) is 2.27. The lowest BCUT2D eigenvalue weighted by molar-refractivity contribution is -0.122. The second-order valence-electron chi connectivity index (χ2n) is 5.67. The molecule has 0 aliphatic heterocycles. The van der Waals surface area contributed by atoms with Gasteiger partial charge in [-0.2, -0.15) is 0 Å². The second-order valence-corrected chi connectivity index (χ2v) is 6.52. The maximum atomic E-state index is 12.5. The number of anilines is 1. The van der Waals surface area contributed by atoms with E-state index in [0.29, 0.717) is 6.42 Å². The Morgan fingerprint density at radius 2 is 1.91 bits per heavy atom. The van der Waals surface area contributed by atoms with Crippen molar-refractivity contribution in [2.45, 2.75) is 40.2 Å². The lowest BCUT2D eigenvalue weighted by Gasteiger charge is -2.19. The lowest BCUT2D eigenvalue weighted by Crippen LogP contribution is -2.32. The quantitative estimate of drug-likeness (QED) is 0.782. The first-order chi connectivity index (χ1) is 10.9. The van der Waals surface area contributed by atoms with Crippen molar-refractivity contribution in [3.05, 3.63) is 57.6 Å². The summed E-state index contributed by atoms with van der Waals surface area (Å²) >= 11 is 3.46. The molecule has 2 rings (SSSR count). The van der Waals surface area contributed by atoms with Crippen LogP contribution in [0.3, 0.4) is 0 Å². The topological polar surface area (TPSA) is 38.3 Å². The zero-order valence-electron chi connectivity index (χ0n) is 13.9. The van der Waals surface area contributed by atoms with E-state index in [1.165, 1.54) is 0 Å². The van der Waals surface area contributed by atoms with Crippen molar-refractivity contribution in [1.82, 2.24) is 0 Å². The van der Waals surface area contributed by atoms with Crippen LogP contribution in [-0.4, -0.2) is 12.0 Å². The summed E-state index contributed by atoms with van der Waals surface area (Å²) in [6, 6.07) is 11.6. The number of hydrogen-bond acceptors (Lipinski definition) is 2. The number of benzene rings is 2. The van der Waals surface area contributed by atoms with Crippen molar-refractivity contribution >= 4 is 27.5 Å². The minimum atomic E-state index is -0.514. The highest BCUT2D eigenvalue weighted by Gasteiger charge is 2.19. The number of hydrogen-bond donors (Lipinski definition) is 1. The molecule has 1 atom stereocenters. The highest BCUT2D eigenvalue weighted by molar-refractivity contribution is 9.10. The Morgan fingerprint density at radius 1 is 1.17 bits per heavy atom. The molecule has 2 aromatic rings. The average molecular weight is 376 g/mol. The maximum absolute atomic E-state index is 12.5. The molecule has 0 aliphatic rings. The fourth-order valence-corrected chi connectivity index (χ4v) is 2.52. The van der Waals surface area contributed by atoms with Gasteiger partial charge in [0, 0.05) is 10.2 Å². The van der Waals surface area contributed by atoms with Gasteiger partial charge in [-0.3, -0.25) is 4.79 Å². The number of nitrogens with one attached hydrogen (secondary N) is 1. The van der Waals surface area contributed by atoms with E-state index in [0.717, 1.165) is 32.6 Å². The van der Waals surface area contributed by atoms with Gasteiger partial charge in [-0.1, -0.05) is 35.0 Å². The molecule has 0 radical (unpaired) electrons. The van der Waals surface area contributed by atoms with Crippen molar-refractivity contribution in [3.63, 3.8) is 0 Å². The Hall–Kier alpha value is -1.81. The Bertz CT molecular complexity index is 713. The van der Waals surface area contributed by atoms with E-state index < -0.39 is 6.10 Å². The van der Waals surface area contributed by atoms with Gasteiger partial charge < -0.3 is 10.1 Å². The van der Waals surface area contributed by atoms with Gasteiger partial charge >= 0.3 is 0 Å². The van der Waals surface area contributed by atoms with Gasteiger partial charge in [0.05, 0.1) is 0 Å². The van der Waals surface area contributed by atoms with E-state index in [4.69, 9.17) is 4.74 Å². The molecule has 23 heavy (non-hydrogen) atoms. The van der Waals surface area contributed by atoms with Gasteiger partial charge in [-0.05, 0) is 68.1 Å². The zero-order chi connectivity index (χ0) is 17.0. The van der Waals surface area contributed by atoms with Crippen LogP contribution in [0.5, 0.6) is 5.75 Å². The zero-order valence-corrected chi connectivity index (χ0v) is 15.5. The first-order valence-corrected chi connectivity index (χ1v) is 8.51. The third kappa shape index (κ3) is 4.35. The summed E-state index contributed by atoms with van der Waals surface area (Å²) in [5.41, 5.74) is 4.07. The van der Waals surface area contributed by atoms with Crippen LogP contribution in [0.1, 0.15) is 30.0 Å². The van der Waals surface area contributed by atoms with Crippen LogP contribution in [0.25, 0.3) is 0 Å². The van der Waals surface area contributed by atoms with Gasteiger partial charge in [-0.25, -0.2) is 0 Å². The van der Waals surface area contributed by atoms with Crippen molar-refractivity contribution in [3.8, 4) is 5.75 Å². The highest BCUT2D eigenvalue weighted by Crippen LogP contribution is 2.24. The normalized spacial score (nSPS) is 11.9. The monoisotopic (exact) mass is 375 g/mol. The Balaban J connectivity index is 2.12. The third-order valence-electron chi connectivity index (χ3n) is 3.91. The van der Waals surface area contributed by atoms with Gasteiger partial charge in [0.15, 0.2) is 6.10 Å². The van der Waals surface area contributed by atoms with Crippen LogP contribution < -0.4 is 10.1 Å². The number of halogens is 1. The van der Waals surface area contributed by atoms with Gasteiger partial charge in [-0.15, -0.1) is 0 Å². The van der Waals surface area contributed by atoms with Gasteiger partial charge in [0.25, 0.3) is 5.91 Å². The molecule has 0 aliphatic carbocycles. The molecule has 0 bridgehead atoms. The predicted molar refractivity (Wildman–Crippen MR) is 98.1 cm³/mol.